The molecule has 0 bridgehead atoms. The van der Waals surface area contributed by atoms with Crippen LogP contribution in [0.1, 0.15) is 38.2 Å². The molecule has 0 saturated carbocycles. The van der Waals surface area contributed by atoms with Gasteiger partial charge in [-0.15, -0.1) is 0 Å². The first-order valence-electron chi connectivity index (χ1n) is 7.21. The van der Waals surface area contributed by atoms with Gasteiger partial charge in [0.15, 0.2) is 6.10 Å². The van der Waals surface area contributed by atoms with Crippen molar-refractivity contribution in [2.45, 2.75) is 38.7 Å². The Morgan fingerprint density at radius 3 is 2.55 bits per heavy atom. The van der Waals surface area contributed by atoms with Gasteiger partial charge in [0.2, 0.25) is 0 Å². The van der Waals surface area contributed by atoms with E-state index in [9.17, 15) is 4.79 Å². The van der Waals surface area contributed by atoms with Gasteiger partial charge in [-0.3, -0.25) is 0 Å². The molecular weight excluding hydrogens is 256 g/mol. The Morgan fingerprint density at radius 2 is 1.95 bits per heavy atom. The van der Waals surface area contributed by atoms with Crippen LogP contribution >= 0.6 is 0 Å². The van der Waals surface area contributed by atoms with E-state index in [1.54, 1.807) is 13.8 Å². The second-order valence-corrected chi connectivity index (χ2v) is 4.97. The van der Waals surface area contributed by atoms with Gasteiger partial charge in [0.1, 0.15) is 5.75 Å². The first-order chi connectivity index (χ1) is 9.70. The zero-order valence-electron chi connectivity index (χ0n) is 12.1. The number of carbonyl (C=O) groups excluding carboxylic acids is 1. The third-order valence-electron chi connectivity index (χ3n) is 3.50. The number of ether oxygens (including phenoxy) is 3. The summed E-state index contributed by atoms with van der Waals surface area (Å²) in [6.45, 7) is 5.53. The highest BCUT2D eigenvalue weighted by Crippen LogP contribution is 2.28. The molecule has 1 aromatic carbocycles. The molecule has 0 radical (unpaired) electrons. The Labute approximate surface area is 120 Å². The Kier molecular flexibility index (Phi) is 5.41. The zero-order chi connectivity index (χ0) is 14.4. The number of benzene rings is 1. The maximum atomic E-state index is 11.5. The average Bonchev–Trinajstić information content (AvgIpc) is 2.49. The van der Waals surface area contributed by atoms with Crippen molar-refractivity contribution in [3.63, 3.8) is 0 Å². The van der Waals surface area contributed by atoms with Crippen LogP contribution in [0.5, 0.6) is 5.75 Å². The molecular formula is C16H22O4. The maximum Gasteiger partial charge on any atom is 0.347 e. The Morgan fingerprint density at radius 1 is 1.30 bits per heavy atom. The summed E-state index contributed by atoms with van der Waals surface area (Å²) in [7, 11) is 0. The highest BCUT2D eigenvalue weighted by atomic mass is 16.6. The molecule has 110 valence electrons. The maximum absolute atomic E-state index is 11.5. The van der Waals surface area contributed by atoms with Gasteiger partial charge < -0.3 is 14.2 Å². The second kappa shape index (κ2) is 7.29. The quantitative estimate of drug-likeness (QED) is 0.777. The van der Waals surface area contributed by atoms with Crippen molar-refractivity contribution in [3.05, 3.63) is 29.8 Å². The van der Waals surface area contributed by atoms with Gasteiger partial charge >= 0.3 is 5.97 Å². The summed E-state index contributed by atoms with van der Waals surface area (Å²) in [6.07, 6.45) is 1.56. The van der Waals surface area contributed by atoms with Crippen molar-refractivity contribution in [1.82, 2.24) is 0 Å². The molecule has 0 amide bonds. The Bertz CT molecular complexity index is 421. The summed E-state index contributed by atoms with van der Waals surface area (Å²) in [6, 6.07) is 7.98. The second-order valence-electron chi connectivity index (χ2n) is 4.97. The van der Waals surface area contributed by atoms with Crippen LogP contribution in [0.2, 0.25) is 0 Å². The van der Waals surface area contributed by atoms with Gasteiger partial charge in [-0.2, -0.15) is 0 Å². The van der Waals surface area contributed by atoms with E-state index in [2.05, 4.69) is 12.1 Å². The third-order valence-corrected chi connectivity index (χ3v) is 3.50. The summed E-state index contributed by atoms with van der Waals surface area (Å²) in [5.41, 5.74) is 1.31. The first-order valence-corrected chi connectivity index (χ1v) is 7.21. The minimum atomic E-state index is -0.580. The van der Waals surface area contributed by atoms with Crippen LogP contribution in [0, 0.1) is 0 Å². The van der Waals surface area contributed by atoms with Gasteiger partial charge in [-0.05, 0) is 50.3 Å². The Balaban J connectivity index is 1.92. The minimum Gasteiger partial charge on any atom is -0.479 e. The number of rotatable bonds is 5. The van der Waals surface area contributed by atoms with E-state index in [4.69, 9.17) is 14.2 Å². The molecule has 0 aromatic heterocycles. The molecule has 1 atom stereocenters. The molecule has 4 nitrogen and oxygen atoms in total. The molecule has 0 spiro atoms. The summed E-state index contributed by atoms with van der Waals surface area (Å²) in [5.74, 6) is 0.933. The topological polar surface area (TPSA) is 44.8 Å². The third kappa shape index (κ3) is 3.97. The van der Waals surface area contributed by atoms with Crippen LogP contribution in [-0.4, -0.2) is 31.9 Å². The predicted octanol–water partition coefficient (Wildman–Crippen LogP) is 2.91. The van der Waals surface area contributed by atoms with E-state index < -0.39 is 6.10 Å². The molecule has 20 heavy (non-hydrogen) atoms. The summed E-state index contributed by atoms with van der Waals surface area (Å²) in [4.78, 5) is 11.5. The van der Waals surface area contributed by atoms with Crippen LogP contribution in [0.4, 0.5) is 0 Å². The SMILES string of the molecule is CCOC(=O)C(C)Oc1ccc(C2CCOCC2)cc1. The van der Waals surface area contributed by atoms with Gasteiger partial charge in [-0.1, -0.05) is 12.1 Å². The lowest BCUT2D eigenvalue weighted by molar-refractivity contribution is -0.150. The Hall–Kier alpha value is -1.55. The van der Waals surface area contributed by atoms with Gasteiger partial charge in [0.05, 0.1) is 6.61 Å². The molecule has 1 aliphatic rings. The van der Waals surface area contributed by atoms with Gasteiger partial charge in [0.25, 0.3) is 0 Å². The number of hydrogen-bond acceptors (Lipinski definition) is 4. The van der Waals surface area contributed by atoms with Crippen LogP contribution in [0.25, 0.3) is 0 Å². The summed E-state index contributed by atoms with van der Waals surface area (Å²) < 4.78 is 15.9. The fourth-order valence-corrected chi connectivity index (χ4v) is 2.36. The standard InChI is InChI=1S/C16H22O4/c1-3-19-16(17)12(2)20-15-6-4-13(5-7-15)14-8-10-18-11-9-14/h4-7,12,14H,3,8-11H2,1-2H3. The van der Waals surface area contributed by atoms with E-state index >= 15 is 0 Å². The highest BCUT2D eigenvalue weighted by molar-refractivity contribution is 5.74. The number of esters is 1. The lowest BCUT2D eigenvalue weighted by Gasteiger charge is -2.22. The normalized spacial score (nSPS) is 17.5. The van der Waals surface area contributed by atoms with Crippen molar-refractivity contribution in [1.29, 1.82) is 0 Å². The zero-order valence-corrected chi connectivity index (χ0v) is 12.1. The molecule has 1 aromatic rings. The molecule has 1 heterocycles. The molecule has 0 aliphatic carbocycles. The smallest absolute Gasteiger partial charge is 0.347 e. The van der Waals surface area contributed by atoms with E-state index in [-0.39, 0.29) is 5.97 Å². The molecule has 4 heteroatoms. The fourth-order valence-electron chi connectivity index (χ4n) is 2.36. The largest absolute Gasteiger partial charge is 0.479 e. The summed E-state index contributed by atoms with van der Waals surface area (Å²) >= 11 is 0. The lowest BCUT2D eigenvalue weighted by Crippen LogP contribution is -2.26. The van der Waals surface area contributed by atoms with Crippen molar-refractivity contribution in [2.75, 3.05) is 19.8 Å². The van der Waals surface area contributed by atoms with Crippen LogP contribution in [-0.2, 0) is 14.3 Å². The molecule has 0 N–H and O–H groups in total. The van der Waals surface area contributed by atoms with E-state index in [1.165, 1.54) is 5.56 Å². The number of carbonyl (C=O) groups is 1. The van der Waals surface area contributed by atoms with Crippen LogP contribution in [0.3, 0.4) is 0 Å². The van der Waals surface area contributed by atoms with Crippen LogP contribution < -0.4 is 4.74 Å². The minimum absolute atomic E-state index is 0.332. The molecule has 2 rings (SSSR count). The highest BCUT2D eigenvalue weighted by Gasteiger charge is 2.17. The van der Waals surface area contributed by atoms with Crippen molar-refractivity contribution < 1.29 is 19.0 Å². The van der Waals surface area contributed by atoms with E-state index in [1.807, 2.05) is 12.1 Å². The van der Waals surface area contributed by atoms with Crippen molar-refractivity contribution in [3.8, 4) is 5.75 Å². The molecule has 1 aliphatic heterocycles. The summed E-state index contributed by atoms with van der Waals surface area (Å²) in [5, 5.41) is 0. The van der Waals surface area contributed by atoms with Gasteiger partial charge in [0, 0.05) is 13.2 Å². The van der Waals surface area contributed by atoms with Gasteiger partial charge in [-0.25, -0.2) is 4.79 Å². The average molecular weight is 278 g/mol. The number of hydrogen-bond donors (Lipinski definition) is 0. The molecule has 1 saturated heterocycles. The fraction of sp³-hybridized carbons (Fsp3) is 0.562. The predicted molar refractivity (Wildman–Crippen MR) is 76.0 cm³/mol. The lowest BCUT2D eigenvalue weighted by atomic mass is 9.92. The van der Waals surface area contributed by atoms with Crippen molar-refractivity contribution >= 4 is 5.97 Å². The van der Waals surface area contributed by atoms with Crippen LogP contribution in [0.15, 0.2) is 24.3 Å². The van der Waals surface area contributed by atoms with E-state index in [0.29, 0.717) is 18.3 Å². The first kappa shape index (κ1) is 14.9. The van der Waals surface area contributed by atoms with E-state index in [0.717, 1.165) is 26.1 Å². The monoisotopic (exact) mass is 278 g/mol. The van der Waals surface area contributed by atoms with Crippen molar-refractivity contribution in [2.24, 2.45) is 0 Å². The molecule has 1 unspecified atom stereocenters. The molecule has 1 fully saturated rings.